The lowest BCUT2D eigenvalue weighted by atomic mass is 10.3. The fraction of sp³-hybridized carbons (Fsp3) is 0.154. The van der Waals surface area contributed by atoms with E-state index in [1.165, 1.54) is 12.1 Å². The monoisotopic (exact) mass is 306 g/mol. The molecule has 110 valence electrons. The summed E-state index contributed by atoms with van der Waals surface area (Å²) in [5, 5.41) is 0. The molecule has 0 saturated carbocycles. The van der Waals surface area contributed by atoms with E-state index in [0.717, 1.165) is 0 Å². The Kier molecular flexibility index (Phi) is 3.40. The van der Waals surface area contributed by atoms with Gasteiger partial charge in [0.05, 0.1) is 15.9 Å². The normalized spacial score (nSPS) is 12.0. The molecule has 0 amide bonds. The first-order chi connectivity index (χ1) is 10.0. The average molecular weight is 306 g/mol. The summed E-state index contributed by atoms with van der Waals surface area (Å²) < 4.78 is 28.8. The highest BCUT2D eigenvalue weighted by Crippen LogP contribution is 2.14. The largest absolute Gasteiger partial charge is 0.353 e. The number of aromatic nitrogens is 3. The maximum atomic E-state index is 12.2. The van der Waals surface area contributed by atoms with Crippen LogP contribution in [-0.4, -0.2) is 29.5 Å². The third-order valence-corrected chi connectivity index (χ3v) is 4.58. The summed E-state index contributed by atoms with van der Waals surface area (Å²) in [6.07, 6.45) is 3.73. The molecule has 0 aliphatic carbocycles. The van der Waals surface area contributed by atoms with Gasteiger partial charge in [-0.05, 0) is 30.3 Å². The van der Waals surface area contributed by atoms with E-state index >= 15 is 0 Å². The van der Waals surface area contributed by atoms with Gasteiger partial charge in [0.1, 0.15) is 0 Å². The molecule has 2 aromatic heterocycles. The van der Waals surface area contributed by atoms with Crippen molar-refractivity contribution in [3.05, 3.63) is 53.2 Å². The molecular weight excluding hydrogens is 292 g/mol. The molecule has 0 radical (unpaired) electrons. The van der Waals surface area contributed by atoms with E-state index in [-0.39, 0.29) is 10.6 Å². The number of H-pyrrole nitrogens is 2. The molecule has 8 heteroatoms. The van der Waals surface area contributed by atoms with Gasteiger partial charge >= 0.3 is 5.69 Å². The second-order valence-electron chi connectivity index (χ2n) is 4.61. The predicted molar refractivity (Wildman–Crippen MR) is 78.5 cm³/mol. The molecular formula is C13H14N4O3S. The first-order valence-corrected chi connectivity index (χ1v) is 7.85. The van der Waals surface area contributed by atoms with Gasteiger partial charge in [-0.1, -0.05) is 0 Å². The van der Waals surface area contributed by atoms with Crippen LogP contribution in [0.3, 0.4) is 0 Å². The van der Waals surface area contributed by atoms with E-state index in [1.54, 1.807) is 6.07 Å². The standard InChI is InChI=1S/C13H14N4O3S/c18-13-15-11-4-3-10(9-12(11)16-13)21(19,20)14-5-8-17-6-1-2-7-17/h1-4,6-7,9,14H,5,8H2,(H2,15,16,18). The van der Waals surface area contributed by atoms with Gasteiger partial charge in [0.2, 0.25) is 10.0 Å². The van der Waals surface area contributed by atoms with Crippen molar-refractivity contribution in [3.63, 3.8) is 0 Å². The zero-order valence-electron chi connectivity index (χ0n) is 11.0. The summed E-state index contributed by atoms with van der Waals surface area (Å²) in [4.78, 5) is 16.4. The SMILES string of the molecule is O=c1[nH]c2ccc(S(=O)(=O)NCCn3cccc3)cc2[nH]1. The van der Waals surface area contributed by atoms with Crippen LogP contribution in [-0.2, 0) is 16.6 Å². The topological polar surface area (TPSA) is 99.8 Å². The van der Waals surface area contributed by atoms with E-state index in [0.29, 0.717) is 24.1 Å². The second kappa shape index (κ2) is 5.23. The minimum Gasteiger partial charge on any atom is -0.353 e. The van der Waals surface area contributed by atoms with Crippen molar-refractivity contribution in [1.82, 2.24) is 19.3 Å². The average Bonchev–Trinajstić information content (AvgIpc) is 3.05. The molecule has 3 rings (SSSR count). The van der Waals surface area contributed by atoms with Gasteiger partial charge in [0.25, 0.3) is 0 Å². The summed E-state index contributed by atoms with van der Waals surface area (Å²) in [7, 11) is -3.59. The number of nitrogens with one attached hydrogen (secondary N) is 3. The highest BCUT2D eigenvalue weighted by atomic mass is 32.2. The quantitative estimate of drug-likeness (QED) is 0.645. The Morgan fingerprint density at radius 2 is 1.81 bits per heavy atom. The van der Waals surface area contributed by atoms with Crippen LogP contribution >= 0.6 is 0 Å². The Morgan fingerprint density at radius 3 is 2.57 bits per heavy atom. The van der Waals surface area contributed by atoms with Crippen molar-refractivity contribution < 1.29 is 8.42 Å². The van der Waals surface area contributed by atoms with Gasteiger partial charge in [-0.3, -0.25) is 0 Å². The van der Waals surface area contributed by atoms with Gasteiger partial charge in [-0.15, -0.1) is 0 Å². The molecule has 0 aliphatic heterocycles. The van der Waals surface area contributed by atoms with Crippen molar-refractivity contribution in [2.75, 3.05) is 6.54 Å². The van der Waals surface area contributed by atoms with Gasteiger partial charge < -0.3 is 14.5 Å². The molecule has 0 atom stereocenters. The van der Waals surface area contributed by atoms with Gasteiger partial charge in [-0.25, -0.2) is 17.9 Å². The van der Waals surface area contributed by atoms with Crippen LogP contribution in [0.5, 0.6) is 0 Å². The highest BCUT2D eigenvalue weighted by molar-refractivity contribution is 7.89. The van der Waals surface area contributed by atoms with E-state index < -0.39 is 10.0 Å². The summed E-state index contributed by atoms with van der Waals surface area (Å²) >= 11 is 0. The Hall–Kier alpha value is -2.32. The zero-order chi connectivity index (χ0) is 14.9. The number of benzene rings is 1. The van der Waals surface area contributed by atoms with Crippen LogP contribution in [0.25, 0.3) is 11.0 Å². The summed E-state index contributed by atoms with van der Waals surface area (Å²) in [6, 6.07) is 8.22. The summed E-state index contributed by atoms with van der Waals surface area (Å²) in [5.74, 6) is 0. The van der Waals surface area contributed by atoms with Crippen LogP contribution in [0, 0.1) is 0 Å². The first-order valence-electron chi connectivity index (χ1n) is 6.37. The van der Waals surface area contributed by atoms with Crippen LogP contribution in [0.15, 0.2) is 52.4 Å². The smallest absolute Gasteiger partial charge is 0.323 e. The van der Waals surface area contributed by atoms with E-state index in [1.807, 2.05) is 29.1 Å². The lowest BCUT2D eigenvalue weighted by Gasteiger charge is -2.07. The van der Waals surface area contributed by atoms with Crippen LogP contribution in [0.2, 0.25) is 0 Å². The molecule has 0 unspecified atom stereocenters. The van der Waals surface area contributed by atoms with E-state index in [4.69, 9.17) is 0 Å². The maximum absolute atomic E-state index is 12.2. The summed E-state index contributed by atoms with van der Waals surface area (Å²) in [5.41, 5.74) is 0.680. The van der Waals surface area contributed by atoms with Crippen molar-refractivity contribution in [2.45, 2.75) is 11.4 Å². The van der Waals surface area contributed by atoms with Crippen molar-refractivity contribution >= 4 is 21.1 Å². The lowest BCUT2D eigenvalue weighted by Crippen LogP contribution is -2.27. The predicted octanol–water partition coefficient (Wildman–Crippen LogP) is 0.636. The third kappa shape index (κ3) is 2.91. The fourth-order valence-electron chi connectivity index (χ4n) is 2.09. The Balaban J connectivity index is 1.77. The number of hydrogen-bond acceptors (Lipinski definition) is 3. The maximum Gasteiger partial charge on any atom is 0.323 e. The second-order valence-corrected chi connectivity index (χ2v) is 6.37. The Bertz CT molecular complexity index is 906. The number of aromatic amines is 2. The van der Waals surface area contributed by atoms with Crippen molar-refractivity contribution in [1.29, 1.82) is 0 Å². The molecule has 21 heavy (non-hydrogen) atoms. The number of sulfonamides is 1. The number of hydrogen-bond donors (Lipinski definition) is 3. The Morgan fingerprint density at radius 1 is 1.10 bits per heavy atom. The van der Waals surface area contributed by atoms with E-state index in [9.17, 15) is 13.2 Å². The molecule has 0 spiro atoms. The molecule has 0 saturated heterocycles. The number of nitrogens with zero attached hydrogens (tertiary/aromatic N) is 1. The number of imidazole rings is 1. The van der Waals surface area contributed by atoms with Crippen LogP contribution in [0.4, 0.5) is 0 Å². The minimum atomic E-state index is -3.59. The Labute approximate surface area is 120 Å². The molecule has 1 aromatic carbocycles. The molecule has 0 fully saturated rings. The summed E-state index contributed by atoms with van der Waals surface area (Å²) in [6.45, 7) is 0.841. The highest BCUT2D eigenvalue weighted by Gasteiger charge is 2.14. The lowest BCUT2D eigenvalue weighted by molar-refractivity contribution is 0.573. The van der Waals surface area contributed by atoms with Crippen LogP contribution < -0.4 is 10.4 Å². The zero-order valence-corrected chi connectivity index (χ0v) is 11.9. The van der Waals surface area contributed by atoms with Crippen molar-refractivity contribution in [3.8, 4) is 0 Å². The third-order valence-electron chi connectivity index (χ3n) is 3.13. The minimum absolute atomic E-state index is 0.123. The van der Waals surface area contributed by atoms with Gasteiger partial charge in [0, 0.05) is 25.5 Å². The van der Waals surface area contributed by atoms with Crippen LogP contribution in [0.1, 0.15) is 0 Å². The molecule has 3 N–H and O–H groups in total. The molecule has 0 bridgehead atoms. The van der Waals surface area contributed by atoms with Gasteiger partial charge in [0.15, 0.2) is 0 Å². The first kappa shape index (κ1) is 13.7. The number of rotatable bonds is 5. The number of fused-ring (bicyclic) bond motifs is 1. The molecule has 0 aliphatic rings. The molecule has 2 heterocycles. The fourth-order valence-corrected chi connectivity index (χ4v) is 3.14. The van der Waals surface area contributed by atoms with Gasteiger partial charge in [-0.2, -0.15) is 0 Å². The molecule has 3 aromatic rings. The molecule has 7 nitrogen and oxygen atoms in total. The van der Waals surface area contributed by atoms with Crippen molar-refractivity contribution in [2.24, 2.45) is 0 Å². The van der Waals surface area contributed by atoms with E-state index in [2.05, 4.69) is 14.7 Å².